The fourth-order valence-corrected chi connectivity index (χ4v) is 0.696. The summed E-state index contributed by atoms with van der Waals surface area (Å²) in [6.45, 7) is 5.63. The summed E-state index contributed by atoms with van der Waals surface area (Å²) in [5.41, 5.74) is -2.88. The largest absolute Gasteiger partial charge is 1.00 e. The third kappa shape index (κ3) is 4.60. The monoisotopic (exact) mass is 250 g/mol. The van der Waals surface area contributed by atoms with Crippen molar-refractivity contribution in [1.29, 1.82) is 0 Å². The molecule has 0 rings (SSSR count). The Labute approximate surface area is 169 Å². The van der Waals surface area contributed by atoms with Crippen LogP contribution < -0.4 is 113 Å². The molecule has 0 saturated heterocycles. The molecule has 0 fully saturated rings. The molecular formula is C8H12K2O4. The first-order valence-corrected chi connectivity index (χ1v) is 3.57. The summed E-state index contributed by atoms with van der Waals surface area (Å²) in [4.78, 5) is 21.2. The molecule has 0 aliphatic heterocycles. The Kier molecular flexibility index (Phi) is 11.5. The number of aliphatic carboxylic acids is 2. The maximum atomic E-state index is 10.6. The van der Waals surface area contributed by atoms with E-state index >= 15 is 0 Å². The van der Waals surface area contributed by atoms with Gasteiger partial charge in [0.15, 0.2) is 0 Å². The van der Waals surface area contributed by atoms with Crippen LogP contribution in [0.25, 0.3) is 0 Å². The number of rotatable bonds is 2. The Balaban J connectivity index is -0.000000605. The van der Waals surface area contributed by atoms with E-state index in [4.69, 9.17) is 0 Å². The van der Waals surface area contributed by atoms with Gasteiger partial charge >= 0.3 is 103 Å². The average Bonchev–Trinajstić information content (AvgIpc) is 1.82. The Morgan fingerprint density at radius 2 is 1.07 bits per heavy atom. The minimum Gasteiger partial charge on any atom is -0.549 e. The van der Waals surface area contributed by atoms with Crippen molar-refractivity contribution in [3.63, 3.8) is 0 Å². The van der Waals surface area contributed by atoms with Gasteiger partial charge in [-0.2, -0.15) is 0 Å². The van der Waals surface area contributed by atoms with Crippen LogP contribution in [0.4, 0.5) is 0 Å². The Bertz CT molecular complexity index is 206. The van der Waals surface area contributed by atoms with Gasteiger partial charge in [0, 0.05) is 0 Å². The number of carboxylic acid groups (broad SMARTS) is 2. The predicted molar refractivity (Wildman–Crippen MR) is 37.6 cm³/mol. The molecule has 0 saturated carbocycles. The Hall–Kier alpha value is 2.21. The third-order valence-corrected chi connectivity index (χ3v) is 2.32. The molecule has 6 heteroatoms. The quantitative estimate of drug-likeness (QED) is 0.360. The Morgan fingerprint density at radius 3 is 1.07 bits per heavy atom. The van der Waals surface area contributed by atoms with Gasteiger partial charge in [-0.25, -0.2) is 0 Å². The van der Waals surface area contributed by atoms with Crippen LogP contribution in [0.2, 0.25) is 0 Å². The molecule has 14 heavy (non-hydrogen) atoms. The maximum Gasteiger partial charge on any atom is 1.00 e. The molecule has 0 aromatic carbocycles. The molecule has 0 amide bonds. The smallest absolute Gasteiger partial charge is 0.549 e. The molecule has 70 valence electrons. The third-order valence-electron chi connectivity index (χ3n) is 2.32. The average molecular weight is 250 g/mol. The van der Waals surface area contributed by atoms with Crippen molar-refractivity contribution in [1.82, 2.24) is 0 Å². The van der Waals surface area contributed by atoms with Crippen LogP contribution in [0.3, 0.4) is 0 Å². The predicted octanol–water partition coefficient (Wildman–Crippen LogP) is -7.45. The molecule has 0 aliphatic rings. The molecule has 0 aromatic heterocycles. The van der Waals surface area contributed by atoms with Gasteiger partial charge in [-0.15, -0.1) is 0 Å². The van der Waals surface area contributed by atoms with Crippen molar-refractivity contribution in [3.05, 3.63) is 0 Å². The van der Waals surface area contributed by atoms with Gasteiger partial charge in [0.05, 0.1) is 17.4 Å². The first-order valence-electron chi connectivity index (χ1n) is 3.57. The van der Waals surface area contributed by atoms with E-state index in [2.05, 4.69) is 0 Å². The molecule has 0 N–H and O–H groups in total. The first-order chi connectivity index (χ1) is 5.14. The van der Waals surface area contributed by atoms with Crippen molar-refractivity contribution in [2.45, 2.75) is 27.7 Å². The van der Waals surface area contributed by atoms with Gasteiger partial charge in [-0.05, 0) is 12.3 Å². The van der Waals surface area contributed by atoms with E-state index < -0.39 is 22.8 Å². The number of carbonyl (C=O) groups is 2. The van der Waals surface area contributed by atoms with Crippen LogP contribution in [0.15, 0.2) is 0 Å². The number of carboxylic acids is 2. The normalized spacial score (nSPS) is 10.9. The van der Waals surface area contributed by atoms with E-state index in [9.17, 15) is 19.8 Å². The van der Waals surface area contributed by atoms with Crippen LogP contribution in [-0.4, -0.2) is 11.9 Å². The van der Waals surface area contributed by atoms with E-state index in [1.807, 2.05) is 0 Å². The summed E-state index contributed by atoms with van der Waals surface area (Å²) in [6.07, 6.45) is 0. The molecule has 0 bridgehead atoms. The van der Waals surface area contributed by atoms with Gasteiger partial charge < -0.3 is 19.8 Å². The van der Waals surface area contributed by atoms with Crippen LogP contribution in [0.1, 0.15) is 27.7 Å². The molecule has 0 aromatic rings. The summed E-state index contributed by atoms with van der Waals surface area (Å²) in [5.74, 6) is -3.23. The fourth-order valence-electron chi connectivity index (χ4n) is 0.696. The van der Waals surface area contributed by atoms with Gasteiger partial charge in [0.25, 0.3) is 0 Å². The van der Waals surface area contributed by atoms with Crippen LogP contribution in [-0.2, 0) is 9.59 Å². The van der Waals surface area contributed by atoms with Crippen molar-refractivity contribution in [2.24, 2.45) is 10.8 Å². The maximum absolute atomic E-state index is 10.6. The minimum absolute atomic E-state index is 0. The molecule has 4 nitrogen and oxygen atoms in total. The first kappa shape index (κ1) is 21.5. The SMILES string of the molecule is CC(C)(C)C(C)(C(=O)[O-])C(=O)[O-].[K+].[K+]. The summed E-state index contributed by atoms with van der Waals surface area (Å²) in [7, 11) is 0. The molecular weight excluding hydrogens is 238 g/mol. The van der Waals surface area contributed by atoms with Crippen molar-refractivity contribution in [3.8, 4) is 0 Å². The van der Waals surface area contributed by atoms with E-state index in [1.165, 1.54) is 20.8 Å². The van der Waals surface area contributed by atoms with Gasteiger partial charge in [-0.1, -0.05) is 20.8 Å². The topological polar surface area (TPSA) is 80.3 Å². The van der Waals surface area contributed by atoms with Crippen LogP contribution in [0.5, 0.6) is 0 Å². The van der Waals surface area contributed by atoms with E-state index in [0.717, 1.165) is 6.92 Å². The zero-order chi connectivity index (χ0) is 10.2. The summed E-state index contributed by atoms with van der Waals surface area (Å²) in [6, 6.07) is 0. The van der Waals surface area contributed by atoms with Crippen LogP contribution in [0, 0.1) is 10.8 Å². The minimum atomic E-state index is -1.95. The number of carbonyl (C=O) groups excluding carboxylic acids is 2. The summed E-state index contributed by atoms with van der Waals surface area (Å²) in [5, 5.41) is 21.2. The van der Waals surface area contributed by atoms with Crippen molar-refractivity contribution < 1.29 is 123 Å². The Morgan fingerprint density at radius 1 is 0.857 bits per heavy atom. The standard InChI is InChI=1S/C8H14O4.2K/c1-7(2,3)8(4,5(9)10)6(11)12;;/h1-4H3,(H,9,10)(H,11,12);;/q;2*+1/p-2. The van der Waals surface area contributed by atoms with Gasteiger partial charge in [-0.3, -0.25) is 0 Å². The van der Waals surface area contributed by atoms with Crippen LogP contribution >= 0.6 is 0 Å². The number of hydrogen-bond donors (Lipinski definition) is 0. The fraction of sp³-hybridized carbons (Fsp3) is 0.750. The van der Waals surface area contributed by atoms with E-state index in [-0.39, 0.29) is 103 Å². The second kappa shape index (κ2) is 7.52. The molecule has 0 aliphatic carbocycles. The number of hydrogen-bond acceptors (Lipinski definition) is 4. The molecule has 0 spiro atoms. The summed E-state index contributed by atoms with van der Waals surface area (Å²) >= 11 is 0. The second-order valence-electron chi connectivity index (χ2n) is 3.95. The molecule has 0 radical (unpaired) electrons. The zero-order valence-corrected chi connectivity index (χ0v) is 15.9. The van der Waals surface area contributed by atoms with E-state index in [0.29, 0.717) is 0 Å². The van der Waals surface area contributed by atoms with Gasteiger partial charge in [0.2, 0.25) is 0 Å². The molecule has 0 unspecified atom stereocenters. The molecule has 0 atom stereocenters. The van der Waals surface area contributed by atoms with Crippen molar-refractivity contribution in [2.75, 3.05) is 0 Å². The van der Waals surface area contributed by atoms with Gasteiger partial charge in [0.1, 0.15) is 0 Å². The molecule has 0 heterocycles. The zero-order valence-electron chi connectivity index (χ0n) is 9.63. The summed E-state index contributed by atoms with van der Waals surface area (Å²) < 4.78 is 0. The van der Waals surface area contributed by atoms with E-state index in [1.54, 1.807) is 0 Å². The van der Waals surface area contributed by atoms with Crippen molar-refractivity contribution >= 4 is 11.9 Å². The second-order valence-corrected chi connectivity index (χ2v) is 3.95.